The van der Waals surface area contributed by atoms with Gasteiger partial charge in [-0.05, 0) is 39.0 Å². The number of aromatic nitrogens is 1. The lowest BCUT2D eigenvalue weighted by atomic mass is 10.2. The van der Waals surface area contributed by atoms with Crippen LogP contribution in [0.2, 0.25) is 0 Å². The summed E-state index contributed by atoms with van der Waals surface area (Å²) in [6.07, 6.45) is -0.629. The molecule has 0 radical (unpaired) electrons. The van der Waals surface area contributed by atoms with Gasteiger partial charge in [-0.15, -0.1) is 0 Å². The molecular formula is C14H16BrN3O3S. The van der Waals surface area contributed by atoms with Crippen LogP contribution in [0.3, 0.4) is 0 Å². The molecule has 2 amide bonds. The predicted octanol–water partition coefficient (Wildman–Crippen LogP) is 3.52. The molecule has 0 aliphatic rings. The lowest BCUT2D eigenvalue weighted by Gasteiger charge is -2.19. The molecule has 2 N–H and O–H groups in total. The van der Waals surface area contributed by atoms with Crippen molar-refractivity contribution in [3.05, 3.63) is 22.7 Å². The van der Waals surface area contributed by atoms with Crippen LogP contribution in [-0.4, -0.2) is 29.1 Å². The van der Waals surface area contributed by atoms with E-state index in [1.165, 1.54) is 11.3 Å². The normalized spacial score (nSPS) is 11.3. The first-order chi connectivity index (χ1) is 10.2. The number of nitrogens with one attached hydrogen (secondary N) is 2. The maximum Gasteiger partial charge on any atom is 0.408 e. The van der Waals surface area contributed by atoms with Crippen LogP contribution < -0.4 is 10.6 Å². The fourth-order valence-corrected chi connectivity index (χ4v) is 2.80. The number of hydrogen-bond acceptors (Lipinski definition) is 5. The summed E-state index contributed by atoms with van der Waals surface area (Å²) in [5.41, 5.74) is 0.204. The molecule has 6 nitrogen and oxygen atoms in total. The number of rotatable bonds is 3. The van der Waals surface area contributed by atoms with Gasteiger partial charge in [0.2, 0.25) is 5.91 Å². The zero-order valence-electron chi connectivity index (χ0n) is 12.4. The van der Waals surface area contributed by atoms with Gasteiger partial charge in [0.1, 0.15) is 12.1 Å². The van der Waals surface area contributed by atoms with Crippen molar-refractivity contribution in [2.45, 2.75) is 26.4 Å². The highest BCUT2D eigenvalue weighted by Crippen LogP contribution is 2.27. The van der Waals surface area contributed by atoms with E-state index in [2.05, 4.69) is 31.5 Å². The van der Waals surface area contributed by atoms with Crippen LogP contribution in [0.25, 0.3) is 10.2 Å². The molecule has 0 aliphatic carbocycles. The molecule has 0 saturated heterocycles. The zero-order valence-corrected chi connectivity index (χ0v) is 14.8. The number of nitrogens with zero attached hydrogens (tertiary/aromatic N) is 1. The molecular weight excluding hydrogens is 370 g/mol. The van der Waals surface area contributed by atoms with Crippen molar-refractivity contribution in [1.29, 1.82) is 0 Å². The molecule has 22 heavy (non-hydrogen) atoms. The second-order valence-corrected chi connectivity index (χ2v) is 7.48. The highest BCUT2D eigenvalue weighted by molar-refractivity contribution is 9.10. The highest BCUT2D eigenvalue weighted by Gasteiger charge is 2.17. The van der Waals surface area contributed by atoms with Crippen molar-refractivity contribution in [3.8, 4) is 0 Å². The molecule has 0 fully saturated rings. The number of hydrogen-bond donors (Lipinski definition) is 2. The van der Waals surface area contributed by atoms with Gasteiger partial charge < -0.3 is 15.4 Å². The summed E-state index contributed by atoms with van der Waals surface area (Å²) < 4.78 is 6.95. The molecule has 0 spiro atoms. The Hall–Kier alpha value is -1.67. The molecule has 1 aromatic carbocycles. The number of fused-ring (bicyclic) bond motifs is 1. The molecule has 0 atom stereocenters. The first-order valence-electron chi connectivity index (χ1n) is 6.56. The lowest BCUT2D eigenvalue weighted by molar-refractivity contribution is -0.115. The Morgan fingerprint density at radius 2 is 2.09 bits per heavy atom. The van der Waals surface area contributed by atoms with Crippen LogP contribution in [0.4, 0.5) is 9.93 Å². The molecule has 0 bridgehead atoms. The molecule has 118 valence electrons. The number of anilines is 1. The maximum atomic E-state index is 11.8. The third-order valence-electron chi connectivity index (χ3n) is 2.39. The number of halogens is 1. The van der Waals surface area contributed by atoms with Crippen LogP contribution in [0.5, 0.6) is 0 Å². The average Bonchev–Trinajstić information content (AvgIpc) is 2.75. The molecule has 0 unspecified atom stereocenters. The highest BCUT2D eigenvalue weighted by atomic mass is 79.9. The van der Waals surface area contributed by atoms with Gasteiger partial charge >= 0.3 is 6.09 Å². The molecule has 1 heterocycles. The van der Waals surface area contributed by atoms with Crippen LogP contribution in [-0.2, 0) is 9.53 Å². The Balaban J connectivity index is 1.89. The van der Waals surface area contributed by atoms with Crippen LogP contribution >= 0.6 is 27.3 Å². The van der Waals surface area contributed by atoms with Crippen LogP contribution in [0.15, 0.2) is 22.7 Å². The topological polar surface area (TPSA) is 80.3 Å². The first-order valence-corrected chi connectivity index (χ1v) is 8.17. The minimum absolute atomic E-state index is 0.172. The molecule has 2 rings (SSSR count). The number of thiazole rings is 1. The van der Waals surface area contributed by atoms with Crippen molar-refractivity contribution in [3.63, 3.8) is 0 Å². The van der Waals surface area contributed by atoms with Gasteiger partial charge in [-0.3, -0.25) is 4.79 Å². The van der Waals surface area contributed by atoms with Crippen molar-refractivity contribution < 1.29 is 14.3 Å². The number of carbonyl (C=O) groups is 2. The summed E-state index contributed by atoms with van der Waals surface area (Å²) in [5.74, 6) is -0.357. The van der Waals surface area contributed by atoms with Gasteiger partial charge in [0.25, 0.3) is 0 Å². The Kier molecular flexibility index (Phi) is 5.02. The number of benzene rings is 1. The van der Waals surface area contributed by atoms with Gasteiger partial charge in [-0.2, -0.15) is 0 Å². The van der Waals surface area contributed by atoms with Gasteiger partial charge in [0.05, 0.1) is 10.2 Å². The van der Waals surface area contributed by atoms with Gasteiger partial charge in [0, 0.05) is 4.47 Å². The summed E-state index contributed by atoms with van der Waals surface area (Å²) in [5, 5.41) is 5.54. The van der Waals surface area contributed by atoms with E-state index < -0.39 is 11.7 Å². The summed E-state index contributed by atoms with van der Waals surface area (Å²) in [6, 6.07) is 5.71. The Morgan fingerprint density at radius 1 is 1.36 bits per heavy atom. The number of carbonyl (C=O) groups excluding carboxylic acids is 2. The first kappa shape index (κ1) is 16.7. The number of alkyl carbamates (subject to hydrolysis) is 1. The van der Waals surface area contributed by atoms with Crippen molar-refractivity contribution in [2.24, 2.45) is 0 Å². The largest absolute Gasteiger partial charge is 0.444 e. The van der Waals surface area contributed by atoms with E-state index in [-0.39, 0.29) is 12.5 Å². The second-order valence-electron chi connectivity index (χ2n) is 5.53. The number of ether oxygens (including phenoxy) is 1. The monoisotopic (exact) mass is 385 g/mol. The predicted molar refractivity (Wildman–Crippen MR) is 90.2 cm³/mol. The van der Waals surface area contributed by atoms with Crippen molar-refractivity contribution in [1.82, 2.24) is 10.3 Å². The fraction of sp³-hybridized carbons (Fsp3) is 0.357. The van der Waals surface area contributed by atoms with E-state index in [9.17, 15) is 9.59 Å². The molecule has 1 aromatic heterocycles. The summed E-state index contributed by atoms with van der Waals surface area (Å²) in [6.45, 7) is 5.10. The van der Waals surface area contributed by atoms with E-state index in [0.29, 0.717) is 5.13 Å². The standard InChI is InChI=1S/C14H16BrN3O3S/c1-14(2,3)21-13(20)16-7-11(19)18-12-17-9-6-8(15)4-5-10(9)22-12/h4-6H,7H2,1-3H3,(H,16,20)(H,17,18,19). The van der Waals surface area contributed by atoms with Crippen molar-refractivity contribution >= 4 is 54.6 Å². The average molecular weight is 386 g/mol. The van der Waals surface area contributed by atoms with Crippen molar-refractivity contribution in [2.75, 3.05) is 11.9 Å². The van der Waals surface area contributed by atoms with Crippen LogP contribution in [0.1, 0.15) is 20.8 Å². The Morgan fingerprint density at radius 3 is 2.77 bits per heavy atom. The SMILES string of the molecule is CC(C)(C)OC(=O)NCC(=O)Nc1nc2cc(Br)ccc2s1. The summed E-state index contributed by atoms with van der Waals surface area (Å²) in [4.78, 5) is 27.6. The van der Waals surface area contributed by atoms with Gasteiger partial charge in [0.15, 0.2) is 5.13 Å². The zero-order chi connectivity index (χ0) is 16.3. The van der Waals surface area contributed by atoms with E-state index in [0.717, 1.165) is 14.7 Å². The van der Waals surface area contributed by atoms with Gasteiger partial charge in [-0.1, -0.05) is 27.3 Å². The molecule has 2 aromatic rings. The molecule has 0 saturated carbocycles. The fourth-order valence-electron chi connectivity index (χ4n) is 1.58. The van der Waals surface area contributed by atoms with E-state index in [1.807, 2.05) is 18.2 Å². The Bertz CT molecular complexity index is 709. The number of amides is 2. The third-order valence-corrected chi connectivity index (χ3v) is 3.83. The third kappa shape index (κ3) is 4.96. The minimum Gasteiger partial charge on any atom is -0.444 e. The van der Waals surface area contributed by atoms with Gasteiger partial charge in [-0.25, -0.2) is 9.78 Å². The molecule has 8 heteroatoms. The lowest BCUT2D eigenvalue weighted by Crippen LogP contribution is -2.37. The molecule has 0 aliphatic heterocycles. The smallest absolute Gasteiger partial charge is 0.408 e. The Labute approximate surface area is 140 Å². The van der Waals surface area contributed by atoms with E-state index >= 15 is 0 Å². The summed E-state index contributed by atoms with van der Waals surface area (Å²) in [7, 11) is 0. The van der Waals surface area contributed by atoms with Crippen LogP contribution in [0, 0.1) is 0 Å². The quantitative estimate of drug-likeness (QED) is 0.846. The second kappa shape index (κ2) is 6.62. The summed E-state index contributed by atoms with van der Waals surface area (Å²) >= 11 is 4.74. The van der Waals surface area contributed by atoms with E-state index in [4.69, 9.17) is 4.74 Å². The maximum absolute atomic E-state index is 11.8. The minimum atomic E-state index is -0.629. The van der Waals surface area contributed by atoms with E-state index in [1.54, 1.807) is 20.8 Å².